The zero-order valence-electron chi connectivity index (χ0n) is 19.3. The van der Waals surface area contributed by atoms with Gasteiger partial charge in [0.2, 0.25) is 0 Å². The molecule has 0 fully saturated rings. The first-order valence-corrected chi connectivity index (χ1v) is 15.8. The van der Waals surface area contributed by atoms with Crippen LogP contribution in [0, 0.1) is 62.3 Å². The molecule has 3 aromatic carbocycles. The maximum atomic E-state index is 18.2. The third-order valence-corrected chi connectivity index (χ3v) is 18.7. The molecule has 0 nitrogen and oxygen atoms in total. The summed E-state index contributed by atoms with van der Waals surface area (Å²) in [6.45, 7) is 18.9. The van der Waals surface area contributed by atoms with E-state index in [1.54, 1.807) is 0 Å². The molecule has 0 radical (unpaired) electrons. The molecule has 0 aliphatic rings. The van der Waals surface area contributed by atoms with E-state index in [2.05, 4.69) is 98.7 Å². The van der Waals surface area contributed by atoms with Crippen LogP contribution in [0.5, 0.6) is 0 Å². The van der Waals surface area contributed by atoms with E-state index in [4.69, 9.17) is 0 Å². The Labute approximate surface area is 180 Å². The predicted molar refractivity (Wildman–Crippen MR) is 128 cm³/mol. The van der Waals surface area contributed by atoms with E-state index in [1.807, 2.05) is 0 Å². The number of hydrogen-bond acceptors (Lipinski definition) is 0. The Morgan fingerprint density at radius 3 is 0.759 bits per heavy atom. The molecule has 0 aliphatic heterocycles. The molecule has 3 aromatic rings. The van der Waals surface area contributed by atoms with Gasteiger partial charge in [-0.05, 0) is 0 Å². The summed E-state index contributed by atoms with van der Waals surface area (Å²) in [5, 5.41) is 0. The maximum absolute atomic E-state index is 18.2. The molecule has 0 unspecified atom stereocenters. The summed E-state index contributed by atoms with van der Waals surface area (Å²) < 4.78 is 21.1. The summed E-state index contributed by atoms with van der Waals surface area (Å²) in [6.07, 6.45) is 0. The Hall–Kier alpha value is -1.61. The third-order valence-electron chi connectivity index (χ3n) is 6.06. The standard InChI is InChI=1S/3C9H11.FH.Sn/c3*1-7-4-8(2)6-9(3)5-7;;/h3*4-5H,1-3H3;1H;/q;;;;+1/p-1. The van der Waals surface area contributed by atoms with Crippen molar-refractivity contribution < 1.29 is 2.87 Å². The monoisotopic (exact) mass is 496 g/mol. The van der Waals surface area contributed by atoms with Crippen molar-refractivity contribution in [3.05, 3.63) is 86.5 Å². The molecule has 152 valence electrons. The third kappa shape index (κ3) is 3.79. The normalized spacial score (nSPS) is 11.8. The molecular weight excluding hydrogens is 462 g/mol. The van der Waals surface area contributed by atoms with Crippen molar-refractivity contribution in [2.75, 3.05) is 0 Å². The van der Waals surface area contributed by atoms with E-state index in [0.29, 0.717) is 0 Å². The van der Waals surface area contributed by atoms with Gasteiger partial charge < -0.3 is 0 Å². The molecule has 2 heteroatoms. The number of hydrogen-bond donors (Lipinski definition) is 0. The average Bonchev–Trinajstić information content (AvgIpc) is 2.51. The topological polar surface area (TPSA) is 0 Å². The first-order valence-electron chi connectivity index (χ1n) is 10.4. The Bertz CT molecular complexity index is 899. The second kappa shape index (κ2) is 7.90. The van der Waals surface area contributed by atoms with Gasteiger partial charge in [0.25, 0.3) is 0 Å². The van der Waals surface area contributed by atoms with Crippen molar-refractivity contribution in [1.82, 2.24) is 0 Å². The van der Waals surface area contributed by atoms with Gasteiger partial charge in [-0.2, -0.15) is 0 Å². The first-order chi connectivity index (χ1) is 13.5. The van der Waals surface area contributed by atoms with Crippen LogP contribution in [-0.2, 0) is 0 Å². The van der Waals surface area contributed by atoms with Crippen LogP contribution in [0.1, 0.15) is 50.1 Å². The summed E-state index contributed by atoms with van der Waals surface area (Å²) in [5.41, 5.74) is 10.2. The molecule has 0 aliphatic carbocycles. The van der Waals surface area contributed by atoms with Crippen LogP contribution in [0.4, 0.5) is 2.87 Å². The Kier molecular flexibility index (Phi) is 6.02. The molecule has 29 heavy (non-hydrogen) atoms. The van der Waals surface area contributed by atoms with Crippen LogP contribution in [0.25, 0.3) is 0 Å². The van der Waals surface area contributed by atoms with Gasteiger partial charge in [0.15, 0.2) is 0 Å². The number of rotatable bonds is 3. The van der Waals surface area contributed by atoms with Gasteiger partial charge >= 0.3 is 181 Å². The van der Waals surface area contributed by atoms with Gasteiger partial charge in [-0.25, -0.2) is 0 Å². The Morgan fingerprint density at radius 2 is 0.586 bits per heavy atom. The van der Waals surface area contributed by atoms with Gasteiger partial charge in [-0.1, -0.05) is 0 Å². The zero-order chi connectivity index (χ0) is 21.7. The van der Waals surface area contributed by atoms with Crippen LogP contribution in [0.3, 0.4) is 0 Å². The average molecular weight is 495 g/mol. The fraction of sp³-hybridized carbons (Fsp3) is 0.333. The Balaban J connectivity index is 2.55. The van der Waals surface area contributed by atoms with E-state index >= 15 is 2.87 Å². The first kappa shape index (κ1) is 22.1. The second-order valence-corrected chi connectivity index (χ2v) is 17.0. The van der Waals surface area contributed by atoms with Crippen molar-refractivity contribution in [2.24, 2.45) is 0 Å². The van der Waals surface area contributed by atoms with Crippen LogP contribution in [0.15, 0.2) is 36.4 Å². The van der Waals surface area contributed by atoms with Crippen molar-refractivity contribution in [3.63, 3.8) is 0 Å². The van der Waals surface area contributed by atoms with Crippen molar-refractivity contribution >= 4 is 29.7 Å². The van der Waals surface area contributed by atoms with E-state index < -0.39 is 18.9 Å². The van der Waals surface area contributed by atoms with Gasteiger partial charge in [-0.15, -0.1) is 0 Å². The number of aryl methyl sites for hydroxylation is 9. The fourth-order valence-corrected chi connectivity index (χ4v) is 18.2. The zero-order valence-corrected chi connectivity index (χ0v) is 22.2. The minimum atomic E-state index is -4.74. The summed E-state index contributed by atoms with van der Waals surface area (Å²) in [4.78, 5) is 0. The molecule has 0 atom stereocenters. The van der Waals surface area contributed by atoms with Gasteiger partial charge in [-0.3, -0.25) is 0 Å². The molecule has 0 spiro atoms. The van der Waals surface area contributed by atoms with E-state index in [1.165, 1.54) is 16.7 Å². The van der Waals surface area contributed by atoms with Crippen LogP contribution in [0.2, 0.25) is 0 Å². The van der Waals surface area contributed by atoms with Crippen molar-refractivity contribution in [2.45, 2.75) is 62.3 Å². The molecule has 0 N–H and O–H groups in total. The molecule has 0 saturated carbocycles. The van der Waals surface area contributed by atoms with Gasteiger partial charge in [0.05, 0.1) is 0 Å². The van der Waals surface area contributed by atoms with Gasteiger partial charge in [0.1, 0.15) is 0 Å². The van der Waals surface area contributed by atoms with E-state index in [9.17, 15) is 0 Å². The van der Waals surface area contributed by atoms with Gasteiger partial charge in [0, 0.05) is 0 Å². The molecular formula is C27H33FSn. The molecule has 0 amide bonds. The van der Waals surface area contributed by atoms with E-state index in [0.717, 1.165) is 44.1 Å². The second-order valence-electron chi connectivity index (χ2n) is 8.98. The van der Waals surface area contributed by atoms with Crippen molar-refractivity contribution in [1.29, 1.82) is 0 Å². The van der Waals surface area contributed by atoms with Crippen molar-refractivity contribution in [3.8, 4) is 0 Å². The Morgan fingerprint density at radius 1 is 0.414 bits per heavy atom. The summed E-state index contributed by atoms with van der Waals surface area (Å²) in [6, 6.07) is 12.9. The SMILES string of the molecule is Cc1cc(C)[c]([Sn]([F])([c]2c(C)cc(C)cc2C)[c]2c(C)cc(C)cc2C)c(C)c1. The molecule has 0 bridgehead atoms. The number of benzene rings is 3. The summed E-state index contributed by atoms with van der Waals surface area (Å²) in [7, 11) is 0. The van der Waals surface area contributed by atoms with Crippen LogP contribution >= 0.6 is 0 Å². The van der Waals surface area contributed by atoms with Crippen LogP contribution < -0.4 is 10.7 Å². The van der Waals surface area contributed by atoms with Crippen LogP contribution in [-0.4, -0.2) is 18.9 Å². The fourth-order valence-electron chi connectivity index (χ4n) is 5.55. The predicted octanol–water partition coefficient (Wildman–Crippen LogP) is 5.40. The summed E-state index contributed by atoms with van der Waals surface area (Å²) >= 11 is -4.74. The summed E-state index contributed by atoms with van der Waals surface area (Å²) in [5.74, 6) is 0. The quantitative estimate of drug-likeness (QED) is 0.427. The molecule has 0 heterocycles. The molecule has 3 rings (SSSR count). The van der Waals surface area contributed by atoms with E-state index in [-0.39, 0.29) is 0 Å². The number of halogens is 1. The minimum absolute atomic E-state index is 0.995. The molecule has 0 saturated heterocycles. The molecule has 0 aromatic heterocycles.